The molecular formula is C33H38N6O4. The van der Waals surface area contributed by atoms with Crippen LogP contribution in [0.1, 0.15) is 81.2 Å². The Morgan fingerprint density at radius 3 is 2.47 bits per heavy atom. The molecule has 0 amide bonds. The quantitative estimate of drug-likeness (QED) is 0.201. The Bertz CT molecular complexity index is 1790. The normalized spacial score (nSPS) is 17.1. The zero-order chi connectivity index (χ0) is 29.8. The maximum atomic E-state index is 14.3. The van der Waals surface area contributed by atoms with Crippen LogP contribution in [0.4, 0.5) is 0 Å². The van der Waals surface area contributed by atoms with Crippen LogP contribution in [0.25, 0.3) is 28.3 Å². The molecule has 0 atom stereocenters. The number of unbranched alkanes of at least 4 members (excludes halogenated alkanes) is 1. The molecule has 0 aliphatic heterocycles. The van der Waals surface area contributed by atoms with Gasteiger partial charge in [-0.25, -0.2) is 9.31 Å². The van der Waals surface area contributed by atoms with Gasteiger partial charge in [0.2, 0.25) is 5.78 Å². The highest BCUT2D eigenvalue weighted by molar-refractivity contribution is 5.80. The van der Waals surface area contributed by atoms with Crippen molar-refractivity contribution in [2.75, 3.05) is 6.61 Å². The van der Waals surface area contributed by atoms with Crippen molar-refractivity contribution >= 4 is 5.78 Å². The van der Waals surface area contributed by atoms with Crippen molar-refractivity contribution in [3.63, 3.8) is 0 Å². The largest absolute Gasteiger partial charge is 0.439 e. The number of nitrogens with zero attached hydrogens (tertiary/aromatic N) is 5. The fraction of sp³-hybridized carbons (Fsp3) is 0.424. The standard InChI is InChI=1S/C33H38N6O4/c1-2-7-29-28(20-23-11-15-24(16-12-23)26-9-3-4-10-27(26)30-36-33(42)43-37-30)31(41)38(32-34-21-35-39(29)32)25-17-13-22(14-18-25)8-5-6-19-40/h3-4,9-12,15-16,21-22,25,40H,2,5-8,13-14,17-20H2,1H3,(H,36,37,42)/t22-,25-. The molecule has 0 radical (unpaired) electrons. The molecule has 2 N–H and O–H groups in total. The van der Waals surface area contributed by atoms with Gasteiger partial charge in [-0.2, -0.15) is 10.1 Å². The smallest absolute Gasteiger partial charge is 0.396 e. The minimum absolute atomic E-state index is 0.0390. The van der Waals surface area contributed by atoms with E-state index in [4.69, 9.17) is 9.63 Å². The van der Waals surface area contributed by atoms with Crippen molar-refractivity contribution in [1.29, 1.82) is 0 Å². The number of aromatic amines is 1. The van der Waals surface area contributed by atoms with Crippen molar-refractivity contribution in [3.8, 4) is 22.5 Å². The molecule has 224 valence electrons. The van der Waals surface area contributed by atoms with Gasteiger partial charge in [0.1, 0.15) is 6.33 Å². The number of H-pyrrole nitrogens is 1. The highest BCUT2D eigenvalue weighted by Crippen LogP contribution is 2.35. The predicted molar refractivity (Wildman–Crippen MR) is 164 cm³/mol. The Morgan fingerprint density at radius 1 is 1.00 bits per heavy atom. The van der Waals surface area contributed by atoms with Crippen LogP contribution < -0.4 is 11.3 Å². The lowest BCUT2D eigenvalue weighted by Crippen LogP contribution is -2.34. The zero-order valence-electron chi connectivity index (χ0n) is 24.5. The molecule has 1 fully saturated rings. The SMILES string of the molecule is CCCc1c(Cc2ccc(-c3ccccc3-c3noc(=O)[nH]3)cc2)c(=O)n([C@H]2CC[C@H](CCCCO)CC2)c2ncnn12. The first kappa shape index (κ1) is 28.8. The second kappa shape index (κ2) is 12.9. The van der Waals surface area contributed by atoms with Gasteiger partial charge in [-0.15, -0.1) is 0 Å². The minimum Gasteiger partial charge on any atom is -0.396 e. The second-order valence-electron chi connectivity index (χ2n) is 11.6. The van der Waals surface area contributed by atoms with Crippen molar-refractivity contribution in [2.45, 2.75) is 77.2 Å². The van der Waals surface area contributed by atoms with E-state index in [9.17, 15) is 9.59 Å². The van der Waals surface area contributed by atoms with E-state index >= 15 is 0 Å². The van der Waals surface area contributed by atoms with E-state index in [0.717, 1.165) is 91.3 Å². The third-order valence-corrected chi connectivity index (χ3v) is 8.78. The lowest BCUT2D eigenvalue weighted by Gasteiger charge is -2.30. The molecule has 0 bridgehead atoms. The third kappa shape index (κ3) is 5.97. The molecule has 6 rings (SSSR count). The van der Waals surface area contributed by atoms with Crippen molar-refractivity contribution in [1.82, 2.24) is 29.3 Å². The zero-order valence-corrected chi connectivity index (χ0v) is 24.5. The Morgan fingerprint density at radius 2 is 1.77 bits per heavy atom. The van der Waals surface area contributed by atoms with Crippen LogP contribution in [0.15, 0.2) is 69.0 Å². The van der Waals surface area contributed by atoms with Crippen LogP contribution in [-0.2, 0) is 12.8 Å². The first-order valence-corrected chi connectivity index (χ1v) is 15.4. The molecular weight excluding hydrogens is 544 g/mol. The molecule has 10 heteroatoms. The maximum absolute atomic E-state index is 14.3. The number of nitrogens with one attached hydrogen (secondary N) is 1. The van der Waals surface area contributed by atoms with E-state index in [0.29, 0.717) is 23.9 Å². The van der Waals surface area contributed by atoms with E-state index in [2.05, 4.69) is 39.3 Å². The van der Waals surface area contributed by atoms with Gasteiger partial charge in [-0.3, -0.25) is 18.9 Å². The summed E-state index contributed by atoms with van der Waals surface area (Å²) in [5.74, 6) is 1.08. The van der Waals surface area contributed by atoms with Gasteiger partial charge in [0.05, 0.1) is 5.69 Å². The van der Waals surface area contributed by atoms with Crippen LogP contribution in [0.2, 0.25) is 0 Å². The summed E-state index contributed by atoms with van der Waals surface area (Å²) in [4.78, 5) is 33.0. The number of aliphatic hydroxyl groups is 1. The van der Waals surface area contributed by atoms with Crippen molar-refractivity contribution < 1.29 is 9.63 Å². The fourth-order valence-electron chi connectivity index (χ4n) is 6.61. The Balaban J connectivity index is 1.31. The molecule has 2 aromatic carbocycles. The van der Waals surface area contributed by atoms with Crippen LogP contribution in [-0.4, -0.2) is 41.0 Å². The van der Waals surface area contributed by atoms with Gasteiger partial charge < -0.3 is 5.11 Å². The number of aromatic nitrogens is 6. The molecule has 5 aromatic rings. The number of hydrogen-bond donors (Lipinski definition) is 2. The predicted octanol–water partition coefficient (Wildman–Crippen LogP) is 5.34. The van der Waals surface area contributed by atoms with E-state index in [1.54, 1.807) is 6.33 Å². The van der Waals surface area contributed by atoms with Gasteiger partial charge in [0, 0.05) is 30.2 Å². The molecule has 1 saturated carbocycles. The average molecular weight is 583 g/mol. The number of fused-ring (bicyclic) bond motifs is 1. The number of aryl methyl sites for hydroxylation is 1. The van der Waals surface area contributed by atoms with Crippen LogP contribution in [0.5, 0.6) is 0 Å². The van der Waals surface area contributed by atoms with E-state index < -0.39 is 5.76 Å². The summed E-state index contributed by atoms with van der Waals surface area (Å²) in [7, 11) is 0. The maximum Gasteiger partial charge on any atom is 0.439 e. The lowest BCUT2D eigenvalue weighted by molar-refractivity contribution is 0.242. The highest BCUT2D eigenvalue weighted by Gasteiger charge is 2.27. The average Bonchev–Trinajstić information content (AvgIpc) is 3.69. The van der Waals surface area contributed by atoms with E-state index in [1.165, 1.54) is 0 Å². The van der Waals surface area contributed by atoms with Gasteiger partial charge in [-0.05, 0) is 61.1 Å². The second-order valence-corrected chi connectivity index (χ2v) is 11.6. The molecule has 0 unspecified atom stereocenters. The molecule has 10 nitrogen and oxygen atoms in total. The molecule has 0 saturated heterocycles. The Kier molecular flexibility index (Phi) is 8.64. The molecule has 3 aromatic heterocycles. The lowest BCUT2D eigenvalue weighted by atomic mass is 9.83. The van der Waals surface area contributed by atoms with Gasteiger partial charge in [-0.1, -0.05) is 79.9 Å². The minimum atomic E-state index is -0.593. The highest BCUT2D eigenvalue weighted by atomic mass is 16.5. The van der Waals surface area contributed by atoms with E-state index in [-0.39, 0.29) is 18.2 Å². The van der Waals surface area contributed by atoms with Crippen LogP contribution in [0.3, 0.4) is 0 Å². The van der Waals surface area contributed by atoms with Gasteiger partial charge in [0.25, 0.3) is 5.56 Å². The van der Waals surface area contributed by atoms with Gasteiger partial charge >= 0.3 is 5.76 Å². The monoisotopic (exact) mass is 582 g/mol. The first-order valence-electron chi connectivity index (χ1n) is 15.4. The van der Waals surface area contributed by atoms with Crippen LogP contribution >= 0.6 is 0 Å². The molecule has 0 spiro atoms. The Labute approximate surface area is 249 Å². The topological polar surface area (TPSA) is 131 Å². The number of benzene rings is 2. The molecule has 1 aliphatic carbocycles. The summed E-state index contributed by atoms with van der Waals surface area (Å²) in [6, 6.07) is 16.0. The summed E-state index contributed by atoms with van der Waals surface area (Å²) in [6.07, 6.45) is 10.8. The Hall–Kier alpha value is -4.31. The van der Waals surface area contributed by atoms with Crippen molar-refractivity contribution in [3.05, 3.63) is 92.6 Å². The number of rotatable bonds is 11. The third-order valence-electron chi connectivity index (χ3n) is 8.78. The summed E-state index contributed by atoms with van der Waals surface area (Å²) in [6.45, 7) is 2.37. The molecule has 1 aliphatic rings. The van der Waals surface area contributed by atoms with E-state index in [1.807, 2.05) is 45.5 Å². The number of hydrogen-bond acceptors (Lipinski definition) is 7. The summed E-state index contributed by atoms with van der Waals surface area (Å²) < 4.78 is 8.53. The van der Waals surface area contributed by atoms with Gasteiger partial charge in [0.15, 0.2) is 5.82 Å². The molecule has 3 heterocycles. The summed E-state index contributed by atoms with van der Waals surface area (Å²) in [5.41, 5.74) is 5.44. The summed E-state index contributed by atoms with van der Waals surface area (Å²) >= 11 is 0. The molecule has 43 heavy (non-hydrogen) atoms. The summed E-state index contributed by atoms with van der Waals surface area (Å²) in [5, 5.41) is 17.6. The van der Waals surface area contributed by atoms with Crippen molar-refractivity contribution in [2.24, 2.45) is 5.92 Å². The first-order chi connectivity index (χ1) is 21.1. The fourth-order valence-corrected chi connectivity index (χ4v) is 6.61. The number of aliphatic hydroxyl groups excluding tert-OH is 1. The van der Waals surface area contributed by atoms with Crippen LogP contribution in [0, 0.1) is 5.92 Å².